The molecule has 0 spiro atoms. The van der Waals surface area contributed by atoms with Crippen molar-refractivity contribution in [1.82, 2.24) is 0 Å². The monoisotopic (exact) mass is 186 g/mol. The molecule has 0 bridgehead atoms. The zero-order valence-corrected chi connectivity index (χ0v) is 7.69. The first-order valence-electron chi connectivity index (χ1n) is 4.79. The van der Waals surface area contributed by atoms with Gasteiger partial charge in [-0.15, -0.1) is 0 Å². The molecule has 0 saturated carbocycles. The minimum Gasteiger partial charge on any atom is -0.365 e. The summed E-state index contributed by atoms with van der Waals surface area (Å²) in [6.07, 6.45) is 2.82. The van der Waals surface area contributed by atoms with Gasteiger partial charge in [-0.2, -0.15) is 0 Å². The second-order valence-corrected chi connectivity index (χ2v) is 3.73. The maximum absolute atomic E-state index is 11.4. The molecule has 2 nitrogen and oxygen atoms in total. The number of ether oxygens (including phenoxy) is 1. The van der Waals surface area contributed by atoms with Crippen LogP contribution >= 0.6 is 0 Å². The molecule has 1 unspecified atom stereocenters. The molecule has 1 aliphatic heterocycles. The van der Waals surface area contributed by atoms with Gasteiger partial charge in [0.2, 0.25) is 0 Å². The number of rotatable bonds is 0. The number of Topliss-reactive ketones (excluding diaryl/α,β-unsaturated/α-hetero) is 1. The highest BCUT2D eigenvalue weighted by molar-refractivity contribution is 6.03. The number of ketones is 1. The van der Waals surface area contributed by atoms with Crippen LogP contribution in [0.15, 0.2) is 29.8 Å². The lowest BCUT2D eigenvalue weighted by molar-refractivity contribution is -0.115. The van der Waals surface area contributed by atoms with Gasteiger partial charge < -0.3 is 4.74 Å². The predicted molar refractivity (Wildman–Crippen MR) is 52.9 cm³/mol. The van der Waals surface area contributed by atoms with Crippen molar-refractivity contribution >= 4 is 11.9 Å². The first kappa shape index (κ1) is 7.94. The fourth-order valence-corrected chi connectivity index (χ4v) is 2.10. The second kappa shape index (κ2) is 2.79. The largest absolute Gasteiger partial charge is 0.365 e. The minimum atomic E-state index is 0.0115. The molecule has 14 heavy (non-hydrogen) atoms. The summed E-state index contributed by atoms with van der Waals surface area (Å²) < 4.78 is 5.41. The third-order valence-corrected chi connectivity index (χ3v) is 2.86. The van der Waals surface area contributed by atoms with Crippen molar-refractivity contribution < 1.29 is 9.53 Å². The summed E-state index contributed by atoms with van der Waals surface area (Å²) in [4.78, 5) is 11.4. The van der Waals surface area contributed by atoms with Gasteiger partial charge in [0.15, 0.2) is 5.78 Å². The maximum atomic E-state index is 11.4. The molecule has 0 aromatic heterocycles. The van der Waals surface area contributed by atoms with Crippen molar-refractivity contribution in [2.24, 2.45) is 0 Å². The lowest BCUT2D eigenvalue weighted by Gasteiger charge is -2.18. The van der Waals surface area contributed by atoms with Gasteiger partial charge in [-0.1, -0.05) is 24.3 Å². The molecule has 0 N–H and O–H groups in total. The zero-order chi connectivity index (χ0) is 9.54. The maximum Gasteiger partial charge on any atom is 0.187 e. The lowest BCUT2D eigenvalue weighted by atomic mass is 9.90. The van der Waals surface area contributed by atoms with Crippen LogP contribution in [-0.4, -0.2) is 18.5 Å². The summed E-state index contributed by atoms with van der Waals surface area (Å²) in [7, 11) is 0. The molecular formula is C12H10O2. The summed E-state index contributed by atoms with van der Waals surface area (Å²) >= 11 is 0. The van der Waals surface area contributed by atoms with Gasteiger partial charge in [0.1, 0.15) is 6.61 Å². The van der Waals surface area contributed by atoms with E-state index in [1.807, 2.05) is 24.3 Å². The average Bonchev–Trinajstić information content (AvgIpc) is 2.57. The van der Waals surface area contributed by atoms with Gasteiger partial charge in [-0.25, -0.2) is 0 Å². The molecule has 2 aliphatic rings. The van der Waals surface area contributed by atoms with Crippen molar-refractivity contribution in [3.05, 3.63) is 41.0 Å². The second-order valence-electron chi connectivity index (χ2n) is 3.73. The van der Waals surface area contributed by atoms with E-state index < -0.39 is 0 Å². The topological polar surface area (TPSA) is 26.3 Å². The first-order chi connectivity index (χ1) is 6.84. The highest BCUT2D eigenvalue weighted by atomic mass is 16.5. The van der Waals surface area contributed by atoms with Crippen LogP contribution in [0.2, 0.25) is 0 Å². The number of hydrogen-bond acceptors (Lipinski definition) is 2. The van der Waals surface area contributed by atoms with Crippen molar-refractivity contribution in [1.29, 1.82) is 0 Å². The molecule has 1 saturated heterocycles. The molecule has 1 atom stereocenters. The molecule has 3 rings (SSSR count). The standard InChI is InChI=1S/C12H10O2/c13-11-7-14-12-6-9-4-2-1-3-8(9)5-10(11)12/h1-5,12H,6-7H2. The summed E-state index contributed by atoms with van der Waals surface area (Å²) in [6.45, 7) is 0.254. The smallest absolute Gasteiger partial charge is 0.187 e. The van der Waals surface area contributed by atoms with Crippen LogP contribution in [0.5, 0.6) is 0 Å². The fraction of sp³-hybridized carbons (Fsp3) is 0.250. The third kappa shape index (κ3) is 1.04. The van der Waals surface area contributed by atoms with E-state index in [9.17, 15) is 4.79 Å². The molecule has 2 heteroatoms. The molecule has 1 heterocycles. The zero-order valence-electron chi connectivity index (χ0n) is 7.69. The summed E-state index contributed by atoms with van der Waals surface area (Å²) in [5.74, 6) is 0.143. The predicted octanol–water partition coefficient (Wildman–Crippen LogP) is 1.59. The summed E-state index contributed by atoms with van der Waals surface area (Å²) in [5, 5.41) is 0. The molecule has 1 fully saturated rings. The van der Waals surface area contributed by atoms with Gasteiger partial charge in [0.25, 0.3) is 0 Å². The van der Waals surface area contributed by atoms with E-state index >= 15 is 0 Å². The van der Waals surface area contributed by atoms with Gasteiger partial charge in [0, 0.05) is 12.0 Å². The van der Waals surface area contributed by atoms with E-state index in [1.54, 1.807) is 0 Å². The number of carbonyl (C=O) groups is 1. The summed E-state index contributed by atoms with van der Waals surface area (Å²) in [5.41, 5.74) is 3.29. The average molecular weight is 186 g/mol. The Hall–Kier alpha value is -1.41. The Morgan fingerprint density at radius 1 is 1.29 bits per heavy atom. The highest BCUT2D eigenvalue weighted by Crippen LogP contribution is 2.29. The molecule has 0 amide bonds. The Morgan fingerprint density at radius 2 is 2.14 bits per heavy atom. The lowest BCUT2D eigenvalue weighted by Crippen LogP contribution is -2.17. The van der Waals surface area contributed by atoms with Crippen LogP contribution in [0.25, 0.3) is 6.08 Å². The summed E-state index contributed by atoms with van der Waals surface area (Å²) in [6, 6.07) is 8.16. The van der Waals surface area contributed by atoms with Crippen LogP contribution in [0, 0.1) is 0 Å². The van der Waals surface area contributed by atoms with E-state index in [0.29, 0.717) is 0 Å². The molecule has 0 radical (unpaired) electrons. The van der Waals surface area contributed by atoms with Crippen LogP contribution in [0.3, 0.4) is 0 Å². The number of benzene rings is 1. The third-order valence-electron chi connectivity index (χ3n) is 2.86. The Labute approximate surface area is 82.2 Å². The van der Waals surface area contributed by atoms with Gasteiger partial charge in [0.05, 0.1) is 6.10 Å². The Balaban J connectivity index is 2.13. The van der Waals surface area contributed by atoms with Crippen LogP contribution < -0.4 is 0 Å². The van der Waals surface area contributed by atoms with Crippen LogP contribution in [0.1, 0.15) is 11.1 Å². The molecule has 1 aliphatic carbocycles. The fourth-order valence-electron chi connectivity index (χ4n) is 2.10. The molecular weight excluding hydrogens is 176 g/mol. The SMILES string of the molecule is O=C1COC2Cc3ccccc3C=C12. The minimum absolute atomic E-state index is 0.0115. The van der Waals surface area contributed by atoms with E-state index in [-0.39, 0.29) is 18.5 Å². The van der Waals surface area contributed by atoms with E-state index in [0.717, 1.165) is 17.6 Å². The first-order valence-corrected chi connectivity index (χ1v) is 4.79. The van der Waals surface area contributed by atoms with Crippen molar-refractivity contribution in [2.75, 3.05) is 6.61 Å². The normalized spacial score (nSPS) is 24.1. The molecule has 1 aromatic carbocycles. The quantitative estimate of drug-likeness (QED) is 0.615. The van der Waals surface area contributed by atoms with Crippen molar-refractivity contribution in [3.63, 3.8) is 0 Å². The van der Waals surface area contributed by atoms with Gasteiger partial charge in [-0.3, -0.25) is 4.79 Å². The molecule has 1 aromatic rings. The Kier molecular flexibility index (Phi) is 1.58. The van der Waals surface area contributed by atoms with Crippen LogP contribution in [0.4, 0.5) is 0 Å². The Bertz CT molecular complexity index is 432. The van der Waals surface area contributed by atoms with E-state index in [1.165, 1.54) is 5.56 Å². The van der Waals surface area contributed by atoms with Crippen molar-refractivity contribution in [3.8, 4) is 0 Å². The van der Waals surface area contributed by atoms with Crippen molar-refractivity contribution in [2.45, 2.75) is 12.5 Å². The van der Waals surface area contributed by atoms with Crippen LogP contribution in [-0.2, 0) is 16.0 Å². The number of carbonyl (C=O) groups excluding carboxylic acids is 1. The van der Waals surface area contributed by atoms with E-state index in [2.05, 4.69) is 6.07 Å². The highest BCUT2D eigenvalue weighted by Gasteiger charge is 2.32. The van der Waals surface area contributed by atoms with Gasteiger partial charge >= 0.3 is 0 Å². The number of fused-ring (bicyclic) bond motifs is 2. The Morgan fingerprint density at radius 3 is 3.07 bits per heavy atom. The van der Waals surface area contributed by atoms with E-state index in [4.69, 9.17) is 4.74 Å². The molecule has 70 valence electrons. The number of hydrogen-bond donors (Lipinski definition) is 0. The van der Waals surface area contributed by atoms with Gasteiger partial charge in [-0.05, 0) is 17.2 Å².